The van der Waals surface area contributed by atoms with Gasteiger partial charge in [0.2, 0.25) is 0 Å². The summed E-state index contributed by atoms with van der Waals surface area (Å²) in [4.78, 5) is 5.55. The zero-order valence-corrected chi connectivity index (χ0v) is 13.8. The number of aromatic nitrogens is 1. The molecule has 5 heteroatoms. The van der Waals surface area contributed by atoms with E-state index in [4.69, 9.17) is 4.42 Å². The molecular formula is C15H19BrN2OS. The summed E-state index contributed by atoms with van der Waals surface area (Å²) >= 11 is 5.03. The summed E-state index contributed by atoms with van der Waals surface area (Å²) in [6, 6.07) is 3.88. The van der Waals surface area contributed by atoms with Crippen molar-refractivity contribution < 1.29 is 4.42 Å². The van der Waals surface area contributed by atoms with E-state index in [9.17, 15) is 0 Å². The lowest BCUT2D eigenvalue weighted by molar-refractivity contribution is 0.342. The van der Waals surface area contributed by atoms with Crippen molar-refractivity contribution >= 4 is 27.3 Å². The SMILES string of the molecule is Brc1ccc(-c2cnc(CNCC3CCCCC3)s2)o1. The van der Waals surface area contributed by atoms with E-state index in [1.807, 2.05) is 18.3 Å². The smallest absolute Gasteiger partial charge is 0.169 e. The first-order valence-electron chi connectivity index (χ1n) is 7.22. The van der Waals surface area contributed by atoms with Crippen LogP contribution in [0.1, 0.15) is 37.1 Å². The second-order valence-corrected chi connectivity index (χ2v) is 7.25. The third-order valence-corrected chi connectivity index (χ3v) is 5.24. The highest BCUT2D eigenvalue weighted by Gasteiger charge is 2.13. The number of halogens is 1. The fraction of sp³-hybridized carbons (Fsp3) is 0.533. The van der Waals surface area contributed by atoms with Crippen LogP contribution in [0.5, 0.6) is 0 Å². The van der Waals surface area contributed by atoms with Gasteiger partial charge in [-0.15, -0.1) is 11.3 Å². The molecule has 2 aromatic rings. The van der Waals surface area contributed by atoms with Crippen LogP contribution >= 0.6 is 27.3 Å². The van der Waals surface area contributed by atoms with Crippen molar-refractivity contribution in [1.29, 1.82) is 0 Å². The Bertz CT molecular complexity index is 546. The van der Waals surface area contributed by atoms with Crippen LogP contribution < -0.4 is 5.32 Å². The van der Waals surface area contributed by atoms with Crippen molar-refractivity contribution in [3.05, 3.63) is 28.0 Å². The molecule has 0 unspecified atom stereocenters. The minimum absolute atomic E-state index is 0.762. The molecule has 2 aromatic heterocycles. The number of nitrogens with one attached hydrogen (secondary N) is 1. The van der Waals surface area contributed by atoms with Crippen LogP contribution in [-0.4, -0.2) is 11.5 Å². The molecule has 1 aliphatic rings. The fourth-order valence-corrected chi connectivity index (χ4v) is 3.88. The van der Waals surface area contributed by atoms with Crippen LogP contribution in [0.4, 0.5) is 0 Å². The van der Waals surface area contributed by atoms with Crippen molar-refractivity contribution in [2.45, 2.75) is 38.6 Å². The molecule has 0 radical (unpaired) electrons. The lowest BCUT2D eigenvalue weighted by Crippen LogP contribution is -2.24. The Labute approximate surface area is 131 Å². The van der Waals surface area contributed by atoms with Crippen LogP contribution in [0.3, 0.4) is 0 Å². The minimum Gasteiger partial charge on any atom is -0.448 e. The molecular weight excluding hydrogens is 336 g/mol. The lowest BCUT2D eigenvalue weighted by Gasteiger charge is -2.21. The maximum absolute atomic E-state index is 5.55. The number of thiazole rings is 1. The summed E-state index contributed by atoms with van der Waals surface area (Å²) in [5, 5.41) is 4.68. The monoisotopic (exact) mass is 354 g/mol. The van der Waals surface area contributed by atoms with E-state index in [2.05, 4.69) is 26.2 Å². The van der Waals surface area contributed by atoms with Crippen molar-refractivity contribution in [2.24, 2.45) is 5.92 Å². The molecule has 3 nitrogen and oxygen atoms in total. The summed E-state index contributed by atoms with van der Waals surface area (Å²) in [6.07, 6.45) is 8.90. The molecule has 1 fully saturated rings. The van der Waals surface area contributed by atoms with Gasteiger partial charge in [0.1, 0.15) is 10.8 Å². The highest BCUT2D eigenvalue weighted by molar-refractivity contribution is 9.10. The summed E-state index contributed by atoms with van der Waals surface area (Å²) in [7, 11) is 0. The molecule has 0 atom stereocenters. The van der Waals surface area contributed by atoms with Gasteiger partial charge in [-0.3, -0.25) is 0 Å². The van der Waals surface area contributed by atoms with Gasteiger partial charge in [-0.1, -0.05) is 19.3 Å². The largest absolute Gasteiger partial charge is 0.448 e. The van der Waals surface area contributed by atoms with Gasteiger partial charge in [-0.05, 0) is 53.4 Å². The molecule has 0 amide bonds. The van der Waals surface area contributed by atoms with E-state index < -0.39 is 0 Å². The number of rotatable bonds is 5. The molecule has 20 heavy (non-hydrogen) atoms. The van der Waals surface area contributed by atoms with Crippen LogP contribution in [-0.2, 0) is 6.54 Å². The van der Waals surface area contributed by atoms with E-state index in [0.29, 0.717) is 0 Å². The summed E-state index contributed by atoms with van der Waals surface area (Å²) in [6.45, 7) is 1.99. The van der Waals surface area contributed by atoms with Crippen molar-refractivity contribution in [3.8, 4) is 10.6 Å². The molecule has 1 N–H and O–H groups in total. The van der Waals surface area contributed by atoms with E-state index in [1.54, 1.807) is 11.3 Å². The van der Waals surface area contributed by atoms with E-state index in [0.717, 1.165) is 39.3 Å². The van der Waals surface area contributed by atoms with Crippen LogP contribution in [0, 0.1) is 5.92 Å². The molecule has 0 spiro atoms. The first-order chi connectivity index (χ1) is 9.81. The Hall–Kier alpha value is -0.650. The highest BCUT2D eigenvalue weighted by atomic mass is 79.9. The topological polar surface area (TPSA) is 38.1 Å². The molecule has 1 saturated carbocycles. The Kier molecular flexibility index (Phi) is 4.91. The predicted molar refractivity (Wildman–Crippen MR) is 85.8 cm³/mol. The Morgan fingerprint density at radius 3 is 2.90 bits per heavy atom. The number of nitrogens with zero attached hydrogens (tertiary/aromatic N) is 1. The average Bonchev–Trinajstić information content (AvgIpc) is 3.09. The normalized spacial score (nSPS) is 16.6. The van der Waals surface area contributed by atoms with Gasteiger partial charge in [0.05, 0.1) is 4.88 Å². The molecule has 0 saturated heterocycles. The summed E-state index contributed by atoms with van der Waals surface area (Å²) in [5.41, 5.74) is 0. The minimum atomic E-state index is 0.762. The zero-order chi connectivity index (χ0) is 13.8. The van der Waals surface area contributed by atoms with Crippen molar-refractivity contribution in [2.75, 3.05) is 6.54 Å². The predicted octanol–water partition coefficient (Wildman–Crippen LogP) is 4.84. The van der Waals surface area contributed by atoms with Gasteiger partial charge in [0, 0.05) is 12.7 Å². The average molecular weight is 355 g/mol. The highest BCUT2D eigenvalue weighted by Crippen LogP contribution is 2.29. The van der Waals surface area contributed by atoms with Crippen LogP contribution in [0.2, 0.25) is 0 Å². The molecule has 1 aliphatic carbocycles. The second kappa shape index (κ2) is 6.87. The quantitative estimate of drug-likeness (QED) is 0.834. The Morgan fingerprint density at radius 1 is 1.30 bits per heavy atom. The zero-order valence-electron chi connectivity index (χ0n) is 11.4. The van der Waals surface area contributed by atoms with Gasteiger partial charge in [0.25, 0.3) is 0 Å². The standard InChI is InChI=1S/C15H19BrN2OS/c16-14-7-6-12(19-14)13-9-18-15(20-13)10-17-8-11-4-2-1-3-5-11/h6-7,9,11,17H,1-5,8,10H2. The number of hydrogen-bond donors (Lipinski definition) is 1. The fourth-order valence-electron chi connectivity index (χ4n) is 2.73. The van der Waals surface area contributed by atoms with E-state index >= 15 is 0 Å². The first kappa shape index (κ1) is 14.3. The van der Waals surface area contributed by atoms with Gasteiger partial charge in [0.15, 0.2) is 4.67 Å². The van der Waals surface area contributed by atoms with Crippen molar-refractivity contribution in [3.63, 3.8) is 0 Å². The summed E-state index contributed by atoms with van der Waals surface area (Å²) in [5.74, 6) is 1.75. The lowest BCUT2D eigenvalue weighted by atomic mass is 9.89. The molecule has 3 rings (SSSR count). The molecule has 0 aliphatic heterocycles. The van der Waals surface area contributed by atoms with Crippen LogP contribution in [0.15, 0.2) is 27.4 Å². The second-order valence-electron chi connectivity index (χ2n) is 5.36. The molecule has 2 heterocycles. The van der Waals surface area contributed by atoms with Gasteiger partial charge >= 0.3 is 0 Å². The number of furan rings is 1. The van der Waals surface area contributed by atoms with Gasteiger partial charge in [-0.25, -0.2) is 4.98 Å². The van der Waals surface area contributed by atoms with Crippen molar-refractivity contribution in [1.82, 2.24) is 10.3 Å². The van der Waals surface area contributed by atoms with Crippen LogP contribution in [0.25, 0.3) is 10.6 Å². The third kappa shape index (κ3) is 3.71. The van der Waals surface area contributed by atoms with E-state index in [1.165, 1.54) is 32.1 Å². The number of hydrogen-bond acceptors (Lipinski definition) is 4. The molecule has 0 aromatic carbocycles. The van der Waals surface area contributed by atoms with Gasteiger partial charge in [-0.2, -0.15) is 0 Å². The Balaban J connectivity index is 1.50. The summed E-state index contributed by atoms with van der Waals surface area (Å²) < 4.78 is 6.31. The third-order valence-electron chi connectivity index (χ3n) is 3.80. The van der Waals surface area contributed by atoms with Gasteiger partial charge < -0.3 is 9.73 Å². The molecule has 108 valence electrons. The molecule has 0 bridgehead atoms. The Morgan fingerprint density at radius 2 is 2.15 bits per heavy atom. The first-order valence-corrected chi connectivity index (χ1v) is 8.83. The maximum atomic E-state index is 5.55. The van der Waals surface area contributed by atoms with E-state index in [-0.39, 0.29) is 0 Å². The maximum Gasteiger partial charge on any atom is 0.169 e.